The summed E-state index contributed by atoms with van der Waals surface area (Å²) in [4.78, 5) is 20.1. The second kappa shape index (κ2) is 10.5. The molecule has 6 N–H and O–H groups in total. The quantitative estimate of drug-likeness (QED) is 0.340. The molecule has 0 saturated carbocycles. The Morgan fingerprint density at radius 3 is 2.24 bits per heavy atom. The largest absolute Gasteiger partial charge is 1.00 e. The Morgan fingerprint density at radius 2 is 1.72 bits per heavy atom. The zero-order chi connectivity index (χ0) is 18.3. The molecule has 1 amide bonds. The Labute approximate surface area is 169 Å². The van der Waals surface area contributed by atoms with Gasteiger partial charge in [0.2, 0.25) is 5.91 Å². The number of hydrogen-bond acceptors (Lipinski definition) is 5. The summed E-state index contributed by atoms with van der Waals surface area (Å²) in [7, 11) is -4.12. The van der Waals surface area contributed by atoms with Crippen molar-refractivity contribution in [2.45, 2.75) is 23.8 Å². The van der Waals surface area contributed by atoms with Crippen LogP contribution < -0.4 is 41.0 Å². The van der Waals surface area contributed by atoms with Crippen molar-refractivity contribution in [3.63, 3.8) is 0 Å². The first kappa shape index (κ1) is 23.5. The fourth-order valence-corrected chi connectivity index (χ4v) is 2.54. The van der Waals surface area contributed by atoms with E-state index >= 15 is 0 Å². The Hall–Kier alpha value is -1.49. The first-order valence-electron chi connectivity index (χ1n) is 6.85. The minimum atomic E-state index is -4.12. The van der Waals surface area contributed by atoms with E-state index in [9.17, 15) is 18.0 Å². The van der Waals surface area contributed by atoms with Crippen molar-refractivity contribution in [3.05, 3.63) is 42.5 Å². The molecule has 25 heavy (non-hydrogen) atoms. The van der Waals surface area contributed by atoms with Gasteiger partial charge in [-0.1, -0.05) is 36.4 Å². The number of hydrogen-bond donors (Lipinski definition) is 4. The molecule has 0 saturated heterocycles. The van der Waals surface area contributed by atoms with E-state index in [1.54, 1.807) is 30.3 Å². The Morgan fingerprint density at radius 1 is 1.12 bits per heavy atom. The maximum atomic E-state index is 11.0. The first-order chi connectivity index (χ1) is 11.1. The molecule has 0 spiro atoms. The SMILES string of the molecule is NC(=O)CCC(N)C(=O)O.O=S(=O)(O)c1ccc2cccccc1-2.[H-].[Na+]. The molecule has 1 atom stereocenters. The van der Waals surface area contributed by atoms with Gasteiger partial charge >= 0.3 is 35.5 Å². The summed E-state index contributed by atoms with van der Waals surface area (Å²) in [6.07, 6.45) is 0.123. The number of primary amides is 1. The Kier molecular flexibility index (Phi) is 9.86. The van der Waals surface area contributed by atoms with Gasteiger partial charge in [-0.05, 0) is 18.1 Å². The molecule has 2 aliphatic carbocycles. The number of amides is 1. The molecule has 0 aromatic carbocycles. The molecule has 0 radical (unpaired) electrons. The van der Waals surface area contributed by atoms with Crippen molar-refractivity contribution < 1.29 is 58.7 Å². The third kappa shape index (κ3) is 7.95. The maximum absolute atomic E-state index is 11.0. The van der Waals surface area contributed by atoms with Crippen LogP contribution in [0.25, 0.3) is 11.1 Å². The van der Waals surface area contributed by atoms with Gasteiger partial charge < -0.3 is 18.0 Å². The zero-order valence-corrected chi connectivity index (χ0v) is 16.4. The van der Waals surface area contributed by atoms with Gasteiger partial charge in [-0.3, -0.25) is 14.1 Å². The van der Waals surface area contributed by atoms with Crippen LogP contribution >= 0.6 is 0 Å². The molecular weight excluding hydrogens is 359 g/mol. The normalized spacial score (nSPS) is 11.6. The van der Waals surface area contributed by atoms with E-state index in [4.69, 9.17) is 21.1 Å². The smallest absolute Gasteiger partial charge is 1.00 e. The third-order valence-electron chi connectivity index (χ3n) is 3.05. The third-order valence-corrected chi connectivity index (χ3v) is 3.96. The summed E-state index contributed by atoms with van der Waals surface area (Å²) in [6.45, 7) is 0. The molecule has 1 unspecified atom stereocenters. The summed E-state index contributed by atoms with van der Waals surface area (Å²) < 4.78 is 30.9. The van der Waals surface area contributed by atoms with Gasteiger partial charge in [-0.25, -0.2) is 0 Å². The van der Waals surface area contributed by atoms with E-state index in [1.165, 1.54) is 6.07 Å². The molecule has 10 heteroatoms. The summed E-state index contributed by atoms with van der Waals surface area (Å²) in [5.74, 6) is -1.64. The van der Waals surface area contributed by atoms with Gasteiger partial charge in [0.05, 0.1) is 0 Å². The number of fused-ring (bicyclic) bond motifs is 1. The molecule has 2 aliphatic rings. The number of carboxylic acid groups (broad SMARTS) is 1. The van der Waals surface area contributed by atoms with Crippen LogP contribution in [0.3, 0.4) is 0 Å². The molecular formula is C15H19N2NaO6S. The number of aliphatic carboxylic acids is 1. The second-order valence-electron chi connectivity index (χ2n) is 4.90. The topological polar surface area (TPSA) is 161 Å². The van der Waals surface area contributed by atoms with Crippen LogP contribution in [0.1, 0.15) is 14.3 Å². The molecule has 0 aliphatic heterocycles. The molecule has 0 aromatic heterocycles. The van der Waals surface area contributed by atoms with E-state index in [0.29, 0.717) is 5.56 Å². The predicted molar refractivity (Wildman–Crippen MR) is 88.0 cm³/mol. The van der Waals surface area contributed by atoms with Gasteiger partial charge in [0.25, 0.3) is 10.1 Å². The molecule has 0 aromatic rings. The zero-order valence-electron chi connectivity index (χ0n) is 14.6. The van der Waals surface area contributed by atoms with E-state index < -0.39 is 28.0 Å². The summed E-state index contributed by atoms with van der Waals surface area (Å²) in [6, 6.07) is 10.9. The Balaban J connectivity index is 0. The van der Waals surface area contributed by atoms with Crippen LogP contribution in [0.4, 0.5) is 0 Å². The van der Waals surface area contributed by atoms with Crippen LogP contribution in [-0.2, 0) is 19.7 Å². The van der Waals surface area contributed by atoms with Gasteiger partial charge in [0, 0.05) is 12.0 Å². The predicted octanol–water partition coefficient (Wildman–Crippen LogP) is -2.18. The Bertz CT molecular complexity index is 802. The molecule has 8 nitrogen and oxygen atoms in total. The summed E-state index contributed by atoms with van der Waals surface area (Å²) in [5, 5.41) is 8.22. The molecule has 0 heterocycles. The van der Waals surface area contributed by atoms with Crippen molar-refractivity contribution in [2.24, 2.45) is 11.5 Å². The monoisotopic (exact) mass is 378 g/mol. The van der Waals surface area contributed by atoms with E-state index in [1.807, 2.05) is 6.07 Å². The first-order valence-corrected chi connectivity index (χ1v) is 8.29. The van der Waals surface area contributed by atoms with Crippen LogP contribution in [0, 0.1) is 0 Å². The molecule has 0 bridgehead atoms. The summed E-state index contributed by atoms with van der Waals surface area (Å²) >= 11 is 0. The van der Waals surface area contributed by atoms with Crippen molar-refractivity contribution in [3.8, 4) is 11.1 Å². The van der Waals surface area contributed by atoms with E-state index in [-0.39, 0.29) is 48.7 Å². The van der Waals surface area contributed by atoms with Crippen LogP contribution in [-0.4, -0.2) is 36.0 Å². The van der Waals surface area contributed by atoms with Gasteiger partial charge in [0.1, 0.15) is 10.9 Å². The fourth-order valence-electron chi connectivity index (χ4n) is 1.83. The molecule has 132 valence electrons. The van der Waals surface area contributed by atoms with Crippen molar-refractivity contribution in [2.75, 3.05) is 0 Å². The number of nitrogens with two attached hydrogens (primary N) is 2. The maximum Gasteiger partial charge on any atom is 1.00 e. The van der Waals surface area contributed by atoms with Crippen molar-refractivity contribution in [1.82, 2.24) is 0 Å². The number of carbonyl (C=O) groups excluding carboxylic acids is 1. The minimum Gasteiger partial charge on any atom is -1.00 e. The standard InChI is InChI=1S/C10H8O3S.C5H10N2O3.Na.H/c11-14(12,13)10-7-6-8-4-2-1-3-5-9(8)10;6-3(5(9)10)1-2-4(7)8;;/h1-7H,(H,11,12,13);3H,1-2,6H2,(H2,7,8)(H,9,10);;/q;;+1;-1. The fraction of sp³-hybridized carbons (Fsp3) is 0.200. The number of carboxylic acids is 1. The minimum absolute atomic E-state index is 0. The van der Waals surface area contributed by atoms with Crippen molar-refractivity contribution in [1.29, 1.82) is 0 Å². The summed E-state index contributed by atoms with van der Waals surface area (Å²) in [5.41, 5.74) is 11.1. The van der Waals surface area contributed by atoms with Gasteiger partial charge in [-0.15, -0.1) is 0 Å². The van der Waals surface area contributed by atoms with Gasteiger partial charge in [0.15, 0.2) is 0 Å². The van der Waals surface area contributed by atoms with E-state index in [2.05, 4.69) is 0 Å². The second-order valence-corrected chi connectivity index (χ2v) is 6.29. The van der Waals surface area contributed by atoms with Crippen molar-refractivity contribution >= 4 is 22.0 Å². The molecule has 2 rings (SSSR count). The van der Waals surface area contributed by atoms with Crippen LogP contribution in [0.15, 0.2) is 47.4 Å². The van der Waals surface area contributed by atoms with Crippen LogP contribution in [0.5, 0.6) is 0 Å². The van der Waals surface area contributed by atoms with Crippen LogP contribution in [0.2, 0.25) is 0 Å². The van der Waals surface area contributed by atoms with Gasteiger partial charge in [-0.2, -0.15) is 8.42 Å². The number of carbonyl (C=O) groups is 2. The number of rotatable bonds is 5. The average Bonchev–Trinajstić information content (AvgIpc) is 2.75. The molecule has 0 fully saturated rings. The van der Waals surface area contributed by atoms with E-state index in [0.717, 1.165) is 5.56 Å². The average molecular weight is 378 g/mol.